The number of ether oxygens (including phenoxy) is 3. The molecule has 0 amide bonds. The molecule has 5 fully saturated rings. The second-order valence-corrected chi connectivity index (χ2v) is 13.2. The second kappa shape index (κ2) is 8.06. The number of hydrogen-bond donors (Lipinski definition) is 0. The lowest BCUT2D eigenvalue weighted by atomic mass is 9.45. The molecule has 1 aromatic carbocycles. The molecule has 1 aliphatic heterocycles. The highest BCUT2D eigenvalue weighted by Crippen LogP contribution is 2.72. The lowest BCUT2D eigenvalue weighted by molar-refractivity contribution is -0.154. The van der Waals surface area contributed by atoms with Gasteiger partial charge in [-0.1, -0.05) is 41.1 Å². The van der Waals surface area contributed by atoms with Crippen LogP contribution in [0.5, 0.6) is 0 Å². The Kier molecular flexibility index (Phi) is 5.46. The van der Waals surface area contributed by atoms with Gasteiger partial charge < -0.3 is 14.2 Å². The molecular formula is C28H35BrO5. The third-order valence-electron chi connectivity index (χ3n) is 10.5. The summed E-state index contributed by atoms with van der Waals surface area (Å²) in [5.74, 6) is 1.38. The summed E-state index contributed by atoms with van der Waals surface area (Å²) in [5.41, 5.74) is 0.778. The first-order valence-corrected chi connectivity index (χ1v) is 13.8. The quantitative estimate of drug-likeness (QED) is 0.370. The Bertz CT molecular complexity index is 982. The molecule has 0 spiro atoms. The summed E-state index contributed by atoms with van der Waals surface area (Å²) in [6, 6.07) is 9.38. The van der Waals surface area contributed by atoms with Crippen LogP contribution in [-0.4, -0.2) is 41.2 Å². The van der Waals surface area contributed by atoms with Crippen molar-refractivity contribution in [2.24, 2.45) is 28.6 Å². The van der Waals surface area contributed by atoms with Crippen molar-refractivity contribution >= 4 is 27.9 Å². The van der Waals surface area contributed by atoms with Gasteiger partial charge in [-0.2, -0.15) is 0 Å². The minimum atomic E-state index is -0.191. The van der Waals surface area contributed by atoms with E-state index in [2.05, 4.69) is 22.9 Å². The molecule has 1 aromatic rings. The fourth-order valence-corrected chi connectivity index (χ4v) is 10.2. The molecule has 4 saturated carbocycles. The van der Waals surface area contributed by atoms with E-state index in [-0.39, 0.29) is 45.4 Å². The Hall–Kier alpha value is -1.40. The summed E-state index contributed by atoms with van der Waals surface area (Å²) >= 11 is 4.22. The number of hydrogen-bond acceptors (Lipinski definition) is 5. The van der Waals surface area contributed by atoms with Gasteiger partial charge in [-0.05, 0) is 74.8 Å². The zero-order valence-electron chi connectivity index (χ0n) is 20.1. The molecule has 5 nitrogen and oxygen atoms in total. The molecule has 9 atom stereocenters. The number of carbonyl (C=O) groups is 2. The van der Waals surface area contributed by atoms with Crippen LogP contribution in [0.1, 0.15) is 75.6 Å². The van der Waals surface area contributed by atoms with E-state index in [0.29, 0.717) is 23.3 Å². The highest BCUT2D eigenvalue weighted by Gasteiger charge is 2.72. The van der Waals surface area contributed by atoms with Crippen LogP contribution >= 0.6 is 15.9 Å². The average Bonchev–Trinajstić information content (AvgIpc) is 3.21. The maximum absolute atomic E-state index is 12.9. The molecule has 34 heavy (non-hydrogen) atoms. The number of carbonyl (C=O) groups excluding carboxylic acids is 2. The van der Waals surface area contributed by atoms with E-state index in [1.54, 1.807) is 0 Å². The minimum Gasteiger partial charge on any atom is -0.463 e. The average molecular weight is 531 g/mol. The Morgan fingerprint density at radius 2 is 1.82 bits per heavy atom. The molecular weight excluding hydrogens is 496 g/mol. The first-order chi connectivity index (χ1) is 16.3. The summed E-state index contributed by atoms with van der Waals surface area (Å²) in [6.07, 6.45) is 8.30. The number of benzene rings is 1. The highest BCUT2D eigenvalue weighted by molar-refractivity contribution is 9.10. The maximum Gasteiger partial charge on any atom is 0.338 e. The molecule has 6 rings (SSSR count). The Morgan fingerprint density at radius 1 is 1.03 bits per heavy atom. The van der Waals surface area contributed by atoms with Crippen LogP contribution in [0.3, 0.4) is 0 Å². The van der Waals surface area contributed by atoms with Gasteiger partial charge in [0.15, 0.2) is 0 Å². The van der Waals surface area contributed by atoms with Crippen molar-refractivity contribution in [2.45, 2.75) is 87.9 Å². The molecule has 4 aliphatic carbocycles. The SMILES string of the molecule is CC(=O)O[C@H]1CC[C@]23CO[C@H](C[C@H]4[C@@H]5CC[C@@H](OC(=O)c6ccccc6)[C@@]5(C)CC[C@@H]42)[C@@]3(Br)C1. The highest BCUT2D eigenvalue weighted by atomic mass is 79.9. The van der Waals surface area contributed by atoms with Crippen molar-refractivity contribution < 1.29 is 23.8 Å². The zero-order valence-corrected chi connectivity index (χ0v) is 21.7. The van der Waals surface area contributed by atoms with Crippen molar-refractivity contribution in [3.8, 4) is 0 Å². The first-order valence-electron chi connectivity index (χ1n) is 13.0. The molecule has 0 aromatic heterocycles. The van der Waals surface area contributed by atoms with Crippen molar-refractivity contribution in [1.29, 1.82) is 0 Å². The van der Waals surface area contributed by atoms with Gasteiger partial charge in [0.25, 0.3) is 0 Å². The Morgan fingerprint density at radius 3 is 2.59 bits per heavy atom. The van der Waals surface area contributed by atoms with E-state index in [9.17, 15) is 9.59 Å². The van der Waals surface area contributed by atoms with Crippen LogP contribution in [0, 0.1) is 28.6 Å². The topological polar surface area (TPSA) is 61.8 Å². The van der Waals surface area contributed by atoms with Gasteiger partial charge in [-0.25, -0.2) is 4.79 Å². The predicted octanol–water partition coefficient (Wildman–Crippen LogP) is 5.69. The van der Waals surface area contributed by atoms with Crippen LogP contribution in [0.25, 0.3) is 0 Å². The van der Waals surface area contributed by atoms with Crippen LogP contribution in [0.4, 0.5) is 0 Å². The number of halogens is 1. The van der Waals surface area contributed by atoms with Gasteiger partial charge in [0.1, 0.15) is 12.2 Å². The van der Waals surface area contributed by atoms with E-state index in [1.807, 2.05) is 30.3 Å². The summed E-state index contributed by atoms with van der Waals surface area (Å²) in [6.45, 7) is 4.70. The smallest absolute Gasteiger partial charge is 0.338 e. The molecule has 6 heteroatoms. The van der Waals surface area contributed by atoms with Crippen molar-refractivity contribution in [3.63, 3.8) is 0 Å². The third kappa shape index (κ3) is 3.20. The lowest BCUT2D eigenvalue weighted by Gasteiger charge is -2.62. The number of fused-ring (bicyclic) bond motifs is 3. The monoisotopic (exact) mass is 530 g/mol. The molecule has 2 bridgehead atoms. The van der Waals surface area contributed by atoms with E-state index in [0.717, 1.165) is 58.0 Å². The van der Waals surface area contributed by atoms with Crippen molar-refractivity contribution in [1.82, 2.24) is 0 Å². The maximum atomic E-state index is 12.9. The third-order valence-corrected chi connectivity index (χ3v) is 12.1. The minimum absolute atomic E-state index is 0.0161. The van der Waals surface area contributed by atoms with Crippen LogP contribution in [0.2, 0.25) is 0 Å². The van der Waals surface area contributed by atoms with Gasteiger partial charge >= 0.3 is 11.9 Å². The van der Waals surface area contributed by atoms with E-state index < -0.39 is 0 Å². The molecule has 1 saturated heterocycles. The normalized spacial score (nSPS) is 46.7. The van der Waals surface area contributed by atoms with Crippen molar-refractivity contribution in [3.05, 3.63) is 35.9 Å². The van der Waals surface area contributed by atoms with Crippen LogP contribution in [0.15, 0.2) is 30.3 Å². The summed E-state index contributed by atoms with van der Waals surface area (Å²) in [4.78, 5) is 24.5. The lowest BCUT2D eigenvalue weighted by Crippen LogP contribution is -2.64. The van der Waals surface area contributed by atoms with Gasteiger partial charge in [-0.3, -0.25) is 4.79 Å². The molecule has 0 unspecified atom stereocenters. The Labute approximate surface area is 210 Å². The molecule has 1 heterocycles. The zero-order chi connectivity index (χ0) is 23.7. The number of alkyl halides is 1. The first kappa shape index (κ1) is 23.0. The van der Waals surface area contributed by atoms with Gasteiger partial charge in [0.05, 0.1) is 22.6 Å². The van der Waals surface area contributed by atoms with E-state index in [4.69, 9.17) is 14.2 Å². The van der Waals surface area contributed by atoms with Gasteiger partial charge in [-0.15, -0.1) is 0 Å². The molecule has 5 aliphatic rings. The predicted molar refractivity (Wildman–Crippen MR) is 131 cm³/mol. The van der Waals surface area contributed by atoms with E-state index >= 15 is 0 Å². The van der Waals surface area contributed by atoms with Crippen LogP contribution in [-0.2, 0) is 19.0 Å². The molecule has 184 valence electrons. The fraction of sp³-hybridized carbons (Fsp3) is 0.714. The standard InChI is InChI=1S/C28H35BrO5/c1-17(30)33-19-10-13-27-16-32-24(28(27,29)15-19)14-20-21-8-9-23(26(21,2)12-11-22(20)27)34-25(31)18-6-4-3-5-7-18/h3-7,19-24H,8-16H2,1-2H3/t19-,20-,21-,22-,23+,24+,26-,27-,28-/m0/s1. The van der Waals surface area contributed by atoms with Gasteiger partial charge in [0, 0.05) is 24.2 Å². The molecule has 0 radical (unpaired) electrons. The van der Waals surface area contributed by atoms with Gasteiger partial charge in [0.2, 0.25) is 0 Å². The fourth-order valence-electron chi connectivity index (χ4n) is 8.95. The summed E-state index contributed by atoms with van der Waals surface area (Å²) < 4.78 is 18.2. The van der Waals surface area contributed by atoms with Crippen LogP contribution < -0.4 is 0 Å². The summed E-state index contributed by atoms with van der Waals surface area (Å²) in [7, 11) is 0. The number of rotatable bonds is 3. The molecule has 0 N–H and O–H groups in total. The largest absolute Gasteiger partial charge is 0.463 e. The van der Waals surface area contributed by atoms with E-state index in [1.165, 1.54) is 6.92 Å². The van der Waals surface area contributed by atoms with Crippen molar-refractivity contribution in [2.75, 3.05) is 6.61 Å². The number of esters is 2. The summed E-state index contributed by atoms with van der Waals surface area (Å²) in [5, 5.41) is 0. The Balaban J connectivity index is 1.23. The second-order valence-electron chi connectivity index (χ2n) is 11.8.